The molecule has 124 valence electrons. The van der Waals surface area contributed by atoms with Crippen LogP contribution in [-0.2, 0) is 0 Å². The number of halogens is 1. The van der Waals surface area contributed by atoms with Gasteiger partial charge in [-0.05, 0) is 38.1 Å². The van der Waals surface area contributed by atoms with Crippen LogP contribution >= 0.6 is 11.3 Å². The van der Waals surface area contributed by atoms with E-state index in [0.717, 1.165) is 5.01 Å². The molecule has 0 saturated carbocycles. The van der Waals surface area contributed by atoms with E-state index in [1.54, 1.807) is 25.3 Å². The van der Waals surface area contributed by atoms with Gasteiger partial charge < -0.3 is 4.74 Å². The van der Waals surface area contributed by atoms with Gasteiger partial charge in [-0.1, -0.05) is 11.3 Å². The molecule has 0 saturated heterocycles. The summed E-state index contributed by atoms with van der Waals surface area (Å²) in [5.74, 6) is -0.462. The van der Waals surface area contributed by atoms with E-state index in [-0.39, 0.29) is 11.5 Å². The number of rotatable bonds is 5. The molecule has 3 aromatic rings. The molecule has 7 nitrogen and oxygen atoms in total. The zero-order valence-corrected chi connectivity index (χ0v) is 13.8. The van der Waals surface area contributed by atoms with Gasteiger partial charge in [-0.15, -0.1) is 10.2 Å². The number of hydrogen-bond donors (Lipinski definition) is 1. The van der Waals surface area contributed by atoms with Crippen LogP contribution in [0.25, 0.3) is 5.69 Å². The molecule has 1 aromatic carbocycles. The minimum absolute atomic E-state index is 0.119. The van der Waals surface area contributed by atoms with Crippen LogP contribution < -0.4 is 10.1 Å². The number of carbonyl (C=O) groups excluding carboxylic acids is 1. The highest BCUT2D eigenvalue weighted by atomic mass is 32.1. The number of nitrogens with one attached hydrogen (secondary N) is 1. The fraction of sp³-hybridized carbons (Fsp3) is 0.200. The lowest BCUT2D eigenvalue weighted by atomic mass is 10.3. The van der Waals surface area contributed by atoms with Crippen molar-refractivity contribution in [1.82, 2.24) is 20.0 Å². The van der Waals surface area contributed by atoms with Gasteiger partial charge in [0.25, 0.3) is 5.91 Å². The summed E-state index contributed by atoms with van der Waals surface area (Å²) in [6, 6.07) is 5.77. The molecule has 9 heteroatoms. The van der Waals surface area contributed by atoms with Gasteiger partial charge in [-0.25, -0.2) is 9.07 Å². The van der Waals surface area contributed by atoms with Crippen LogP contribution in [0, 0.1) is 12.7 Å². The number of carbonyl (C=O) groups is 1. The van der Waals surface area contributed by atoms with E-state index in [1.807, 2.05) is 6.92 Å². The van der Waals surface area contributed by atoms with E-state index in [0.29, 0.717) is 23.2 Å². The summed E-state index contributed by atoms with van der Waals surface area (Å²) in [6.07, 6.45) is 1.58. The van der Waals surface area contributed by atoms with E-state index in [4.69, 9.17) is 4.74 Å². The maximum absolute atomic E-state index is 13.0. The van der Waals surface area contributed by atoms with Crippen molar-refractivity contribution in [2.45, 2.75) is 13.8 Å². The van der Waals surface area contributed by atoms with Crippen molar-refractivity contribution in [2.24, 2.45) is 0 Å². The van der Waals surface area contributed by atoms with Crippen molar-refractivity contribution in [2.75, 3.05) is 11.9 Å². The van der Waals surface area contributed by atoms with E-state index < -0.39 is 5.91 Å². The standard InChI is InChI=1S/C15H14FN5O2S/c1-3-23-12-8-21(11-6-4-10(16)5-7-11)20-13(12)14(22)17-15-19-18-9(2)24-15/h4-8H,3H2,1-2H3,(H,17,19,22). The lowest BCUT2D eigenvalue weighted by Gasteiger charge is -2.02. The third-order valence-corrected chi connectivity index (χ3v) is 3.79. The number of benzene rings is 1. The highest BCUT2D eigenvalue weighted by molar-refractivity contribution is 7.15. The summed E-state index contributed by atoms with van der Waals surface area (Å²) in [5.41, 5.74) is 0.734. The van der Waals surface area contributed by atoms with Crippen LogP contribution in [-0.4, -0.2) is 32.5 Å². The van der Waals surface area contributed by atoms with Gasteiger partial charge in [0.05, 0.1) is 18.5 Å². The van der Waals surface area contributed by atoms with Crippen molar-refractivity contribution >= 4 is 22.4 Å². The normalized spacial score (nSPS) is 10.6. The summed E-state index contributed by atoms with van der Waals surface area (Å²) in [5, 5.41) is 15.7. The Balaban J connectivity index is 1.90. The molecule has 0 bridgehead atoms. The Kier molecular flexibility index (Phi) is 4.52. The Morgan fingerprint density at radius 2 is 2.08 bits per heavy atom. The summed E-state index contributed by atoms with van der Waals surface area (Å²) < 4.78 is 20.0. The fourth-order valence-corrected chi connectivity index (χ4v) is 2.59. The van der Waals surface area contributed by atoms with Gasteiger partial charge in [-0.3, -0.25) is 10.1 Å². The average molecular weight is 347 g/mol. The summed E-state index contributed by atoms with van der Waals surface area (Å²) in [6.45, 7) is 3.99. The van der Waals surface area contributed by atoms with Crippen LogP contribution in [0.3, 0.4) is 0 Å². The Labute approximate surface area is 141 Å². The highest BCUT2D eigenvalue weighted by Gasteiger charge is 2.20. The summed E-state index contributed by atoms with van der Waals surface area (Å²) in [7, 11) is 0. The minimum atomic E-state index is -0.449. The Morgan fingerprint density at radius 3 is 2.71 bits per heavy atom. The first-order valence-corrected chi connectivity index (χ1v) is 7.98. The maximum atomic E-state index is 13.0. The van der Waals surface area contributed by atoms with Gasteiger partial charge in [0.1, 0.15) is 10.8 Å². The minimum Gasteiger partial charge on any atom is -0.490 e. The van der Waals surface area contributed by atoms with Gasteiger partial charge in [0.15, 0.2) is 11.4 Å². The molecule has 0 aliphatic rings. The quantitative estimate of drug-likeness (QED) is 0.767. The second-order valence-corrected chi connectivity index (χ2v) is 5.96. The molecule has 0 atom stereocenters. The molecule has 2 heterocycles. The van der Waals surface area contributed by atoms with E-state index in [2.05, 4.69) is 20.6 Å². The third kappa shape index (κ3) is 3.40. The maximum Gasteiger partial charge on any atom is 0.281 e. The number of ether oxygens (including phenoxy) is 1. The average Bonchev–Trinajstić information content (AvgIpc) is 3.15. The van der Waals surface area contributed by atoms with E-state index in [1.165, 1.54) is 28.2 Å². The molecule has 0 aliphatic heterocycles. The van der Waals surface area contributed by atoms with Gasteiger partial charge in [0.2, 0.25) is 5.13 Å². The van der Waals surface area contributed by atoms with Gasteiger partial charge in [0, 0.05) is 0 Å². The van der Waals surface area contributed by atoms with Crippen LogP contribution in [0.1, 0.15) is 22.4 Å². The number of hydrogen-bond acceptors (Lipinski definition) is 6. The molecule has 0 unspecified atom stereocenters. The SMILES string of the molecule is CCOc1cn(-c2ccc(F)cc2)nc1C(=O)Nc1nnc(C)s1. The molecule has 1 N–H and O–H groups in total. The van der Waals surface area contributed by atoms with Crippen LogP contribution in [0.5, 0.6) is 5.75 Å². The van der Waals surface area contributed by atoms with Crippen molar-refractivity contribution in [3.8, 4) is 11.4 Å². The van der Waals surface area contributed by atoms with E-state index >= 15 is 0 Å². The van der Waals surface area contributed by atoms with Crippen molar-refractivity contribution < 1.29 is 13.9 Å². The molecule has 1 amide bonds. The zero-order valence-electron chi connectivity index (χ0n) is 13.0. The molecule has 2 aromatic heterocycles. The predicted octanol–water partition coefficient (Wildman–Crippen LogP) is 2.82. The lowest BCUT2D eigenvalue weighted by Crippen LogP contribution is -2.14. The molecule has 3 rings (SSSR count). The summed E-state index contributed by atoms with van der Waals surface area (Å²) in [4.78, 5) is 12.4. The largest absolute Gasteiger partial charge is 0.490 e. The molecular weight excluding hydrogens is 333 g/mol. The Hall–Kier alpha value is -2.81. The molecular formula is C15H14FN5O2S. The molecule has 0 radical (unpaired) electrons. The number of anilines is 1. The topological polar surface area (TPSA) is 81.9 Å². The van der Waals surface area contributed by atoms with Crippen LogP contribution in [0.15, 0.2) is 30.5 Å². The van der Waals surface area contributed by atoms with Crippen molar-refractivity contribution in [3.05, 3.63) is 47.0 Å². The number of aryl methyl sites for hydroxylation is 1. The predicted molar refractivity (Wildman–Crippen MR) is 87.3 cm³/mol. The first-order valence-electron chi connectivity index (χ1n) is 7.16. The van der Waals surface area contributed by atoms with Crippen LogP contribution in [0.4, 0.5) is 9.52 Å². The Morgan fingerprint density at radius 1 is 1.33 bits per heavy atom. The van der Waals surface area contributed by atoms with Crippen molar-refractivity contribution in [3.63, 3.8) is 0 Å². The monoisotopic (exact) mass is 347 g/mol. The molecule has 0 fully saturated rings. The third-order valence-electron chi connectivity index (χ3n) is 3.03. The number of nitrogens with zero attached hydrogens (tertiary/aromatic N) is 4. The first-order chi connectivity index (χ1) is 11.6. The number of amides is 1. The molecule has 24 heavy (non-hydrogen) atoms. The van der Waals surface area contributed by atoms with Crippen LogP contribution in [0.2, 0.25) is 0 Å². The highest BCUT2D eigenvalue weighted by Crippen LogP contribution is 2.22. The van der Waals surface area contributed by atoms with E-state index in [9.17, 15) is 9.18 Å². The molecule has 0 spiro atoms. The number of aromatic nitrogens is 4. The molecule has 0 aliphatic carbocycles. The second kappa shape index (κ2) is 6.75. The smallest absolute Gasteiger partial charge is 0.281 e. The fourth-order valence-electron chi connectivity index (χ4n) is 2.01. The zero-order chi connectivity index (χ0) is 17.1. The van der Waals surface area contributed by atoms with Crippen molar-refractivity contribution in [1.29, 1.82) is 0 Å². The lowest BCUT2D eigenvalue weighted by molar-refractivity contribution is 0.101. The first kappa shape index (κ1) is 16.1. The van der Waals surface area contributed by atoms with Gasteiger partial charge in [-0.2, -0.15) is 5.10 Å². The summed E-state index contributed by atoms with van der Waals surface area (Å²) >= 11 is 1.26. The second-order valence-electron chi connectivity index (χ2n) is 4.78. The Bertz CT molecular complexity index is 859. The van der Waals surface area contributed by atoms with Gasteiger partial charge >= 0.3 is 0 Å².